The van der Waals surface area contributed by atoms with E-state index >= 15 is 0 Å². The molecule has 0 aliphatic rings. The van der Waals surface area contributed by atoms with Crippen molar-refractivity contribution in [2.75, 3.05) is 26.1 Å². The Labute approximate surface area is 75.3 Å². The molecule has 0 aliphatic heterocycles. The van der Waals surface area contributed by atoms with Crippen molar-refractivity contribution >= 4 is 16.5 Å². The van der Waals surface area contributed by atoms with Gasteiger partial charge in [-0.2, -0.15) is 0 Å². The first-order valence-corrected chi connectivity index (χ1v) is 4.47. The summed E-state index contributed by atoms with van der Waals surface area (Å²) in [7, 11) is 1.64. The van der Waals surface area contributed by atoms with E-state index in [2.05, 4.69) is 4.98 Å². The van der Waals surface area contributed by atoms with E-state index in [0.717, 1.165) is 5.69 Å². The topological polar surface area (TPSA) is 57.4 Å². The lowest BCUT2D eigenvalue weighted by atomic mass is 10.5. The Hall–Kier alpha value is -0.650. The van der Waals surface area contributed by atoms with E-state index in [1.54, 1.807) is 7.11 Å². The average molecular weight is 188 g/mol. The van der Waals surface area contributed by atoms with Gasteiger partial charge in [-0.15, -0.1) is 11.3 Å². The Morgan fingerprint density at radius 2 is 2.42 bits per heavy atom. The van der Waals surface area contributed by atoms with Crippen molar-refractivity contribution in [2.45, 2.75) is 6.61 Å². The van der Waals surface area contributed by atoms with Crippen molar-refractivity contribution in [1.29, 1.82) is 0 Å². The molecular weight excluding hydrogens is 176 g/mol. The quantitative estimate of drug-likeness (QED) is 0.697. The second-order valence-electron chi connectivity index (χ2n) is 2.22. The zero-order valence-electron chi connectivity index (χ0n) is 6.95. The van der Waals surface area contributed by atoms with Gasteiger partial charge in [-0.1, -0.05) is 0 Å². The highest BCUT2D eigenvalue weighted by molar-refractivity contribution is 7.13. The highest BCUT2D eigenvalue weighted by Crippen LogP contribution is 2.11. The maximum Gasteiger partial charge on any atom is 0.180 e. The second-order valence-corrected chi connectivity index (χ2v) is 3.11. The van der Waals surface area contributed by atoms with Gasteiger partial charge in [0.1, 0.15) is 0 Å². The Morgan fingerprint density at radius 3 is 3.00 bits per heavy atom. The first kappa shape index (κ1) is 9.44. The molecule has 0 bridgehead atoms. The molecule has 0 saturated carbocycles. The van der Waals surface area contributed by atoms with Crippen LogP contribution in [0.5, 0.6) is 0 Å². The minimum Gasteiger partial charge on any atom is -0.382 e. The smallest absolute Gasteiger partial charge is 0.180 e. The minimum atomic E-state index is 0.511. The summed E-state index contributed by atoms with van der Waals surface area (Å²) in [4.78, 5) is 4.04. The molecule has 0 amide bonds. The zero-order valence-corrected chi connectivity index (χ0v) is 7.76. The number of methoxy groups -OCH3 is 1. The zero-order chi connectivity index (χ0) is 8.81. The first-order chi connectivity index (χ1) is 5.83. The normalized spacial score (nSPS) is 10.4. The molecule has 0 radical (unpaired) electrons. The van der Waals surface area contributed by atoms with Crippen LogP contribution in [-0.4, -0.2) is 25.3 Å². The van der Waals surface area contributed by atoms with E-state index in [-0.39, 0.29) is 0 Å². The van der Waals surface area contributed by atoms with Crippen LogP contribution in [0.15, 0.2) is 5.38 Å². The molecule has 0 saturated heterocycles. The maximum atomic E-state index is 5.44. The Kier molecular flexibility index (Phi) is 3.99. The third-order valence-corrected chi connectivity index (χ3v) is 1.97. The molecule has 5 heteroatoms. The second kappa shape index (κ2) is 5.08. The van der Waals surface area contributed by atoms with Crippen LogP contribution in [0.2, 0.25) is 0 Å². The summed E-state index contributed by atoms with van der Waals surface area (Å²) in [5.74, 6) is 0. The van der Waals surface area contributed by atoms with E-state index in [1.807, 2.05) is 5.38 Å². The van der Waals surface area contributed by atoms with Gasteiger partial charge in [0.15, 0.2) is 5.13 Å². The van der Waals surface area contributed by atoms with Crippen LogP contribution in [-0.2, 0) is 16.1 Å². The number of hydrogen-bond acceptors (Lipinski definition) is 5. The van der Waals surface area contributed by atoms with Crippen LogP contribution < -0.4 is 5.73 Å². The largest absolute Gasteiger partial charge is 0.382 e. The van der Waals surface area contributed by atoms with E-state index in [9.17, 15) is 0 Å². The first-order valence-electron chi connectivity index (χ1n) is 3.59. The molecular formula is C7H12N2O2S. The van der Waals surface area contributed by atoms with Crippen molar-refractivity contribution in [3.63, 3.8) is 0 Å². The van der Waals surface area contributed by atoms with Gasteiger partial charge in [0, 0.05) is 12.5 Å². The summed E-state index contributed by atoms with van der Waals surface area (Å²) in [5, 5.41) is 2.47. The molecule has 0 aliphatic carbocycles. The number of rotatable bonds is 5. The van der Waals surface area contributed by atoms with Gasteiger partial charge in [-0.25, -0.2) is 4.98 Å². The number of ether oxygens (including phenoxy) is 2. The third-order valence-electron chi connectivity index (χ3n) is 1.25. The number of aromatic nitrogens is 1. The summed E-state index contributed by atoms with van der Waals surface area (Å²) in [5.41, 5.74) is 6.32. The van der Waals surface area contributed by atoms with Gasteiger partial charge < -0.3 is 15.2 Å². The molecule has 1 aromatic rings. The number of hydrogen-bond donors (Lipinski definition) is 1. The minimum absolute atomic E-state index is 0.511. The maximum absolute atomic E-state index is 5.44. The van der Waals surface area contributed by atoms with Crippen LogP contribution in [0.25, 0.3) is 0 Å². The molecule has 1 aromatic heterocycles. The van der Waals surface area contributed by atoms with Gasteiger partial charge in [-0.3, -0.25) is 0 Å². The van der Waals surface area contributed by atoms with Crippen LogP contribution in [0.1, 0.15) is 5.69 Å². The fourth-order valence-corrected chi connectivity index (χ4v) is 1.26. The van der Waals surface area contributed by atoms with E-state index in [1.165, 1.54) is 11.3 Å². The van der Waals surface area contributed by atoms with Crippen molar-refractivity contribution in [1.82, 2.24) is 4.98 Å². The fourth-order valence-electron chi connectivity index (χ4n) is 0.708. The number of thiazole rings is 1. The molecule has 1 heterocycles. The predicted octanol–water partition coefficient (Wildman–Crippen LogP) is 0.888. The highest BCUT2D eigenvalue weighted by atomic mass is 32.1. The molecule has 0 aromatic carbocycles. The third kappa shape index (κ3) is 3.17. The van der Waals surface area contributed by atoms with Crippen LogP contribution in [0.3, 0.4) is 0 Å². The van der Waals surface area contributed by atoms with Gasteiger partial charge in [0.25, 0.3) is 0 Å². The molecule has 0 spiro atoms. The number of nitrogens with two attached hydrogens (primary N) is 1. The number of nitrogens with zero attached hydrogens (tertiary/aromatic N) is 1. The van der Waals surface area contributed by atoms with E-state index < -0.39 is 0 Å². The van der Waals surface area contributed by atoms with Gasteiger partial charge >= 0.3 is 0 Å². The summed E-state index contributed by atoms with van der Waals surface area (Å²) in [6.07, 6.45) is 0. The fraction of sp³-hybridized carbons (Fsp3) is 0.571. The van der Waals surface area contributed by atoms with Gasteiger partial charge in [0.2, 0.25) is 0 Å². The van der Waals surface area contributed by atoms with Crippen molar-refractivity contribution in [2.24, 2.45) is 0 Å². The van der Waals surface area contributed by atoms with Crippen molar-refractivity contribution < 1.29 is 9.47 Å². The van der Waals surface area contributed by atoms with Crippen molar-refractivity contribution in [3.05, 3.63) is 11.1 Å². The molecule has 0 atom stereocenters. The van der Waals surface area contributed by atoms with E-state index in [0.29, 0.717) is 25.0 Å². The van der Waals surface area contributed by atoms with Crippen LogP contribution in [0, 0.1) is 0 Å². The molecule has 0 fully saturated rings. The standard InChI is InChI=1S/C7H12N2O2S/c1-10-2-3-11-4-6-5-12-7(8)9-6/h5H,2-4H2,1H3,(H2,8,9). The monoisotopic (exact) mass is 188 g/mol. The predicted molar refractivity (Wildman–Crippen MR) is 48.1 cm³/mol. The lowest BCUT2D eigenvalue weighted by Gasteiger charge is -1.99. The number of nitrogen functional groups attached to an aromatic ring is 1. The molecule has 68 valence electrons. The Balaban J connectivity index is 2.15. The lowest BCUT2D eigenvalue weighted by Crippen LogP contribution is -2.01. The Bertz CT molecular complexity index is 227. The highest BCUT2D eigenvalue weighted by Gasteiger charge is 1.97. The SMILES string of the molecule is COCCOCc1csc(N)n1. The molecule has 0 unspecified atom stereocenters. The van der Waals surface area contributed by atoms with Gasteiger partial charge in [0.05, 0.1) is 25.5 Å². The summed E-state index contributed by atoms with van der Waals surface area (Å²) in [6.45, 7) is 1.71. The molecule has 4 nitrogen and oxygen atoms in total. The van der Waals surface area contributed by atoms with Crippen LogP contribution in [0.4, 0.5) is 5.13 Å². The molecule has 12 heavy (non-hydrogen) atoms. The van der Waals surface area contributed by atoms with Crippen LogP contribution >= 0.6 is 11.3 Å². The summed E-state index contributed by atoms with van der Waals surface area (Å²) >= 11 is 1.42. The molecule has 1 rings (SSSR count). The lowest BCUT2D eigenvalue weighted by molar-refractivity contribution is 0.0604. The molecule has 2 N–H and O–H groups in total. The average Bonchev–Trinajstić information content (AvgIpc) is 2.45. The van der Waals surface area contributed by atoms with Gasteiger partial charge in [-0.05, 0) is 0 Å². The summed E-state index contributed by atoms with van der Waals surface area (Å²) < 4.78 is 10.1. The number of anilines is 1. The van der Waals surface area contributed by atoms with Crippen molar-refractivity contribution in [3.8, 4) is 0 Å². The Morgan fingerprint density at radius 1 is 1.58 bits per heavy atom. The van der Waals surface area contributed by atoms with E-state index in [4.69, 9.17) is 15.2 Å². The summed E-state index contributed by atoms with van der Waals surface area (Å²) in [6, 6.07) is 0.